The van der Waals surface area contributed by atoms with E-state index in [1.165, 1.54) is 6.07 Å². The van der Waals surface area contributed by atoms with Crippen LogP contribution in [0.2, 0.25) is 5.02 Å². The van der Waals surface area contributed by atoms with E-state index >= 15 is 0 Å². The van der Waals surface area contributed by atoms with Crippen molar-refractivity contribution in [1.29, 1.82) is 0 Å². The van der Waals surface area contributed by atoms with E-state index in [4.69, 9.17) is 17.3 Å². The number of nitrogens with one attached hydrogen (secondary N) is 1. The van der Waals surface area contributed by atoms with Crippen molar-refractivity contribution in [3.8, 4) is 0 Å². The SMILES string of the molecule is CC(C)[C@@H](N[C@H](C)C(N)=O)c1ccc(Cl)cc1F. The minimum atomic E-state index is -0.521. The van der Waals surface area contributed by atoms with E-state index in [0.29, 0.717) is 10.6 Å². The largest absolute Gasteiger partial charge is 0.368 e. The van der Waals surface area contributed by atoms with E-state index in [0.717, 1.165) is 0 Å². The van der Waals surface area contributed by atoms with Gasteiger partial charge in [0.25, 0.3) is 0 Å². The molecule has 0 saturated heterocycles. The fourth-order valence-corrected chi connectivity index (χ4v) is 1.91. The van der Waals surface area contributed by atoms with Gasteiger partial charge in [0.2, 0.25) is 5.91 Å². The molecule has 3 nitrogen and oxygen atoms in total. The Kier molecular flexibility index (Phi) is 5.11. The number of primary amides is 1. The van der Waals surface area contributed by atoms with Crippen molar-refractivity contribution in [3.05, 3.63) is 34.6 Å². The molecular weight excluding hydrogens is 255 g/mol. The van der Waals surface area contributed by atoms with Gasteiger partial charge in [0, 0.05) is 16.6 Å². The molecule has 0 spiro atoms. The molecule has 5 heteroatoms. The van der Waals surface area contributed by atoms with Crippen LogP contribution in [-0.2, 0) is 4.79 Å². The first-order valence-electron chi connectivity index (χ1n) is 5.83. The Hall–Kier alpha value is -1.13. The van der Waals surface area contributed by atoms with Crippen LogP contribution in [-0.4, -0.2) is 11.9 Å². The number of hydrogen-bond donors (Lipinski definition) is 2. The minimum absolute atomic E-state index is 0.113. The number of carbonyl (C=O) groups excluding carboxylic acids is 1. The lowest BCUT2D eigenvalue weighted by molar-refractivity contribution is -0.119. The van der Waals surface area contributed by atoms with Crippen molar-refractivity contribution in [3.63, 3.8) is 0 Å². The second kappa shape index (κ2) is 6.16. The van der Waals surface area contributed by atoms with E-state index in [-0.39, 0.29) is 17.8 Å². The standard InChI is InChI=1S/C13H18ClFN2O/c1-7(2)12(17-8(3)13(16)18)10-5-4-9(14)6-11(10)15/h4-8,12,17H,1-3H3,(H2,16,18)/t8-,12-/m1/s1. The second-order valence-electron chi connectivity index (χ2n) is 4.68. The normalized spacial score (nSPS) is 14.6. The fraction of sp³-hybridized carbons (Fsp3) is 0.462. The zero-order valence-corrected chi connectivity index (χ0v) is 11.5. The van der Waals surface area contributed by atoms with Crippen molar-refractivity contribution >= 4 is 17.5 Å². The van der Waals surface area contributed by atoms with Crippen LogP contribution in [0.15, 0.2) is 18.2 Å². The Morgan fingerprint density at radius 2 is 2.00 bits per heavy atom. The van der Waals surface area contributed by atoms with Crippen LogP contribution < -0.4 is 11.1 Å². The second-order valence-corrected chi connectivity index (χ2v) is 5.11. The highest BCUT2D eigenvalue weighted by molar-refractivity contribution is 6.30. The number of amides is 1. The molecule has 0 saturated carbocycles. The van der Waals surface area contributed by atoms with Crippen molar-refractivity contribution in [2.75, 3.05) is 0 Å². The number of hydrogen-bond acceptors (Lipinski definition) is 2. The quantitative estimate of drug-likeness (QED) is 0.866. The highest BCUT2D eigenvalue weighted by atomic mass is 35.5. The van der Waals surface area contributed by atoms with Crippen molar-refractivity contribution < 1.29 is 9.18 Å². The molecule has 1 aromatic carbocycles. The summed E-state index contributed by atoms with van der Waals surface area (Å²) < 4.78 is 13.9. The first kappa shape index (κ1) is 14.9. The molecule has 1 amide bonds. The van der Waals surface area contributed by atoms with Gasteiger partial charge in [0.1, 0.15) is 5.82 Å². The van der Waals surface area contributed by atoms with Crippen molar-refractivity contribution in [2.24, 2.45) is 11.7 Å². The van der Waals surface area contributed by atoms with E-state index in [1.54, 1.807) is 19.1 Å². The molecule has 0 fully saturated rings. The molecule has 1 aromatic rings. The van der Waals surface area contributed by atoms with Gasteiger partial charge in [-0.15, -0.1) is 0 Å². The van der Waals surface area contributed by atoms with Gasteiger partial charge in [0.05, 0.1) is 6.04 Å². The van der Waals surface area contributed by atoms with Gasteiger partial charge < -0.3 is 5.73 Å². The van der Waals surface area contributed by atoms with Crippen LogP contribution in [0.5, 0.6) is 0 Å². The van der Waals surface area contributed by atoms with E-state index in [1.807, 2.05) is 13.8 Å². The van der Waals surface area contributed by atoms with E-state index in [9.17, 15) is 9.18 Å². The zero-order chi connectivity index (χ0) is 13.9. The number of nitrogens with two attached hydrogens (primary N) is 1. The van der Waals surface area contributed by atoms with Gasteiger partial charge in [-0.1, -0.05) is 31.5 Å². The van der Waals surface area contributed by atoms with E-state index < -0.39 is 11.9 Å². The van der Waals surface area contributed by atoms with E-state index in [2.05, 4.69) is 5.32 Å². The molecule has 0 unspecified atom stereocenters. The molecule has 1 rings (SSSR count). The third-order valence-corrected chi connectivity index (χ3v) is 3.06. The van der Waals surface area contributed by atoms with Crippen LogP contribution in [0, 0.1) is 11.7 Å². The summed E-state index contributed by atoms with van der Waals surface area (Å²) in [5, 5.41) is 3.38. The van der Waals surface area contributed by atoms with Crippen LogP contribution in [0.3, 0.4) is 0 Å². The monoisotopic (exact) mass is 272 g/mol. The molecule has 18 heavy (non-hydrogen) atoms. The Morgan fingerprint density at radius 1 is 1.39 bits per heavy atom. The fourth-order valence-electron chi connectivity index (χ4n) is 1.75. The molecule has 0 aliphatic rings. The summed E-state index contributed by atoms with van der Waals surface area (Å²) in [5.41, 5.74) is 5.70. The Morgan fingerprint density at radius 3 is 2.44 bits per heavy atom. The zero-order valence-electron chi connectivity index (χ0n) is 10.7. The Balaban J connectivity index is 3.01. The van der Waals surface area contributed by atoms with Crippen LogP contribution in [0.4, 0.5) is 4.39 Å². The Bertz CT molecular complexity index is 437. The van der Waals surface area contributed by atoms with Gasteiger partial charge in [-0.25, -0.2) is 4.39 Å². The molecule has 0 aliphatic heterocycles. The lowest BCUT2D eigenvalue weighted by Gasteiger charge is -2.26. The molecule has 3 N–H and O–H groups in total. The van der Waals surface area contributed by atoms with Crippen molar-refractivity contribution in [2.45, 2.75) is 32.9 Å². The number of rotatable bonds is 5. The van der Waals surface area contributed by atoms with Crippen LogP contribution >= 0.6 is 11.6 Å². The first-order chi connectivity index (χ1) is 8.32. The Labute approximate surface area is 112 Å². The van der Waals surface area contributed by atoms with Crippen LogP contribution in [0.25, 0.3) is 0 Å². The molecule has 0 heterocycles. The maximum atomic E-state index is 13.9. The third kappa shape index (κ3) is 3.68. The van der Waals surface area contributed by atoms with Gasteiger partial charge in [0.15, 0.2) is 0 Å². The maximum Gasteiger partial charge on any atom is 0.234 e. The summed E-state index contributed by atoms with van der Waals surface area (Å²) in [6.07, 6.45) is 0. The molecular formula is C13H18ClFN2O. The predicted molar refractivity (Wildman–Crippen MR) is 70.8 cm³/mol. The average Bonchev–Trinajstić information content (AvgIpc) is 2.26. The number of carbonyl (C=O) groups is 1. The molecule has 0 radical (unpaired) electrons. The average molecular weight is 273 g/mol. The lowest BCUT2D eigenvalue weighted by atomic mass is 9.94. The van der Waals surface area contributed by atoms with Crippen molar-refractivity contribution in [1.82, 2.24) is 5.32 Å². The van der Waals surface area contributed by atoms with Crippen LogP contribution in [0.1, 0.15) is 32.4 Å². The molecule has 0 bridgehead atoms. The number of benzene rings is 1. The van der Waals surface area contributed by atoms with Gasteiger partial charge in [-0.3, -0.25) is 10.1 Å². The molecule has 2 atom stereocenters. The topological polar surface area (TPSA) is 55.1 Å². The third-order valence-electron chi connectivity index (χ3n) is 2.82. The molecule has 0 aromatic heterocycles. The summed E-state index contributed by atoms with van der Waals surface area (Å²) in [6, 6.07) is 3.72. The van der Waals surface area contributed by atoms with Gasteiger partial charge >= 0.3 is 0 Å². The highest BCUT2D eigenvalue weighted by Crippen LogP contribution is 2.26. The van der Waals surface area contributed by atoms with Gasteiger partial charge in [-0.2, -0.15) is 0 Å². The molecule has 100 valence electrons. The smallest absolute Gasteiger partial charge is 0.234 e. The summed E-state index contributed by atoms with van der Waals surface area (Å²) in [6.45, 7) is 5.55. The summed E-state index contributed by atoms with van der Waals surface area (Å²) in [5.74, 6) is -0.733. The lowest BCUT2D eigenvalue weighted by Crippen LogP contribution is -2.42. The summed E-state index contributed by atoms with van der Waals surface area (Å²) >= 11 is 5.72. The maximum absolute atomic E-state index is 13.9. The highest BCUT2D eigenvalue weighted by Gasteiger charge is 2.23. The summed E-state index contributed by atoms with van der Waals surface area (Å²) in [7, 11) is 0. The van der Waals surface area contributed by atoms with Gasteiger partial charge in [-0.05, 0) is 25.0 Å². The number of halogens is 2. The molecule has 0 aliphatic carbocycles. The predicted octanol–water partition coefficient (Wildman–Crippen LogP) is 2.64. The summed E-state index contributed by atoms with van der Waals surface area (Å²) in [4.78, 5) is 11.1. The minimum Gasteiger partial charge on any atom is -0.368 e. The first-order valence-corrected chi connectivity index (χ1v) is 6.21.